The first-order chi connectivity index (χ1) is 8.43. The van der Waals surface area contributed by atoms with Gasteiger partial charge in [0.05, 0.1) is 0 Å². The van der Waals surface area contributed by atoms with E-state index in [1.54, 1.807) is 0 Å². The molecule has 1 aliphatic rings. The molecule has 0 heteroatoms. The highest BCUT2D eigenvalue weighted by Gasteiger charge is 2.19. The van der Waals surface area contributed by atoms with Crippen LogP contribution in [0.2, 0.25) is 0 Å². The molecule has 0 spiro atoms. The third kappa shape index (κ3) is 1.18. The normalized spacial score (nSPS) is 12.5. The Labute approximate surface area is 101 Å². The Hall–Kier alpha value is -2.08. The minimum absolute atomic E-state index is 1.07. The number of benzene rings is 3. The Balaban J connectivity index is 2.17. The number of fused-ring (bicyclic) bond motifs is 5. The molecule has 0 N–H and O–H groups in total. The third-order valence-electron chi connectivity index (χ3n) is 3.62. The fourth-order valence-electron chi connectivity index (χ4n) is 2.84. The lowest BCUT2D eigenvalue weighted by atomic mass is 9.98. The minimum atomic E-state index is 1.07. The van der Waals surface area contributed by atoms with E-state index in [0.29, 0.717) is 0 Å². The standard InChI is InChI=1S/C17H11/c1-3-7-15-12(5-1)9-10-14-11-13-6-2-4-8-16(13)17(14)15/h1-2,4-10H,11H2. The molecule has 0 heterocycles. The van der Waals surface area contributed by atoms with Crippen molar-refractivity contribution in [3.63, 3.8) is 0 Å². The average molecular weight is 215 g/mol. The van der Waals surface area contributed by atoms with Gasteiger partial charge in [0.1, 0.15) is 0 Å². The van der Waals surface area contributed by atoms with Crippen molar-refractivity contribution in [2.45, 2.75) is 6.42 Å². The summed E-state index contributed by atoms with van der Waals surface area (Å²) < 4.78 is 0. The van der Waals surface area contributed by atoms with Gasteiger partial charge in [0.25, 0.3) is 0 Å². The first-order valence-corrected chi connectivity index (χ1v) is 5.93. The summed E-state index contributed by atoms with van der Waals surface area (Å²) in [7, 11) is 0. The monoisotopic (exact) mass is 215 g/mol. The molecule has 4 rings (SSSR count). The van der Waals surface area contributed by atoms with E-state index in [-0.39, 0.29) is 0 Å². The topological polar surface area (TPSA) is 0 Å². The van der Waals surface area contributed by atoms with E-state index in [9.17, 15) is 0 Å². The van der Waals surface area contributed by atoms with Crippen LogP contribution in [0.4, 0.5) is 0 Å². The Morgan fingerprint density at radius 3 is 2.82 bits per heavy atom. The van der Waals surface area contributed by atoms with Crippen LogP contribution in [0, 0.1) is 6.07 Å². The quantitative estimate of drug-likeness (QED) is 0.412. The molecule has 0 nitrogen and oxygen atoms in total. The van der Waals surface area contributed by atoms with Crippen LogP contribution in [0.5, 0.6) is 0 Å². The molecule has 1 aliphatic carbocycles. The predicted molar refractivity (Wildman–Crippen MR) is 71.0 cm³/mol. The summed E-state index contributed by atoms with van der Waals surface area (Å²) >= 11 is 0. The molecular weight excluding hydrogens is 204 g/mol. The van der Waals surface area contributed by atoms with E-state index in [1.807, 2.05) is 6.07 Å². The largest absolute Gasteiger partial charge is 0.0619 e. The summed E-state index contributed by atoms with van der Waals surface area (Å²) in [5.74, 6) is 0. The molecule has 3 aromatic rings. The van der Waals surface area contributed by atoms with Crippen molar-refractivity contribution >= 4 is 10.8 Å². The van der Waals surface area contributed by atoms with Crippen molar-refractivity contribution in [2.24, 2.45) is 0 Å². The molecule has 0 aliphatic heterocycles. The van der Waals surface area contributed by atoms with Crippen LogP contribution in [0.3, 0.4) is 0 Å². The van der Waals surface area contributed by atoms with Crippen molar-refractivity contribution in [2.75, 3.05) is 0 Å². The minimum Gasteiger partial charge on any atom is -0.0619 e. The molecule has 1 radical (unpaired) electrons. The maximum absolute atomic E-state index is 3.20. The molecule has 0 saturated heterocycles. The van der Waals surface area contributed by atoms with Gasteiger partial charge in [0.15, 0.2) is 0 Å². The fraction of sp³-hybridized carbons (Fsp3) is 0.0588. The highest BCUT2D eigenvalue weighted by molar-refractivity contribution is 6.00. The third-order valence-corrected chi connectivity index (χ3v) is 3.62. The molecule has 3 aromatic carbocycles. The highest BCUT2D eigenvalue weighted by atomic mass is 14.2. The van der Waals surface area contributed by atoms with Crippen LogP contribution < -0.4 is 0 Å². The van der Waals surface area contributed by atoms with Crippen LogP contribution in [-0.4, -0.2) is 0 Å². The first-order valence-electron chi connectivity index (χ1n) is 5.93. The van der Waals surface area contributed by atoms with Crippen LogP contribution in [0.1, 0.15) is 11.1 Å². The molecule has 0 aromatic heterocycles. The zero-order valence-electron chi connectivity index (χ0n) is 9.40. The lowest BCUT2D eigenvalue weighted by Gasteiger charge is -2.06. The van der Waals surface area contributed by atoms with Gasteiger partial charge in [-0.3, -0.25) is 0 Å². The Kier molecular flexibility index (Phi) is 1.70. The van der Waals surface area contributed by atoms with Crippen LogP contribution >= 0.6 is 0 Å². The maximum Gasteiger partial charge on any atom is -0.00132 e. The Morgan fingerprint density at radius 2 is 1.82 bits per heavy atom. The molecule has 17 heavy (non-hydrogen) atoms. The van der Waals surface area contributed by atoms with E-state index in [1.165, 1.54) is 33.0 Å². The second kappa shape index (κ2) is 3.21. The average Bonchev–Trinajstić information content (AvgIpc) is 2.77. The number of hydrogen-bond donors (Lipinski definition) is 0. The van der Waals surface area contributed by atoms with Gasteiger partial charge in [0.2, 0.25) is 0 Å². The smallest absolute Gasteiger partial charge is 0.00132 e. The van der Waals surface area contributed by atoms with Crippen molar-refractivity contribution in [3.05, 3.63) is 71.8 Å². The summed E-state index contributed by atoms with van der Waals surface area (Å²) in [5, 5.41) is 2.63. The van der Waals surface area contributed by atoms with Gasteiger partial charge in [0, 0.05) is 0 Å². The van der Waals surface area contributed by atoms with Gasteiger partial charge < -0.3 is 0 Å². The van der Waals surface area contributed by atoms with Crippen molar-refractivity contribution in [3.8, 4) is 11.1 Å². The molecule has 79 valence electrons. The lowest BCUT2D eigenvalue weighted by molar-refractivity contribution is 1.27. The first kappa shape index (κ1) is 9.00. The van der Waals surface area contributed by atoms with Gasteiger partial charge in [-0.15, -0.1) is 0 Å². The molecule has 0 unspecified atom stereocenters. The van der Waals surface area contributed by atoms with Crippen LogP contribution in [-0.2, 0) is 6.42 Å². The van der Waals surface area contributed by atoms with E-state index in [4.69, 9.17) is 0 Å². The summed E-state index contributed by atoms with van der Waals surface area (Å²) in [6, 6.07) is 22.6. The second-order valence-electron chi connectivity index (χ2n) is 4.58. The molecular formula is C17H11. The number of rotatable bonds is 0. The zero-order valence-corrected chi connectivity index (χ0v) is 9.40. The summed E-state index contributed by atoms with van der Waals surface area (Å²) in [4.78, 5) is 0. The summed E-state index contributed by atoms with van der Waals surface area (Å²) in [6.45, 7) is 0. The number of hydrogen-bond acceptors (Lipinski definition) is 0. The van der Waals surface area contributed by atoms with Crippen LogP contribution in [0.25, 0.3) is 21.9 Å². The van der Waals surface area contributed by atoms with Crippen molar-refractivity contribution < 1.29 is 0 Å². The Morgan fingerprint density at radius 1 is 0.882 bits per heavy atom. The van der Waals surface area contributed by atoms with Crippen LogP contribution in [0.15, 0.2) is 54.6 Å². The summed E-state index contributed by atoms with van der Waals surface area (Å²) in [5.41, 5.74) is 5.69. The van der Waals surface area contributed by atoms with Crippen molar-refractivity contribution in [1.29, 1.82) is 0 Å². The predicted octanol–water partition coefficient (Wildman–Crippen LogP) is 4.21. The van der Waals surface area contributed by atoms with E-state index in [2.05, 4.69) is 54.6 Å². The maximum atomic E-state index is 3.20. The van der Waals surface area contributed by atoms with E-state index >= 15 is 0 Å². The van der Waals surface area contributed by atoms with Gasteiger partial charge in [-0.1, -0.05) is 48.5 Å². The summed E-state index contributed by atoms with van der Waals surface area (Å²) in [6.07, 6.45) is 1.07. The molecule has 0 atom stereocenters. The second-order valence-corrected chi connectivity index (χ2v) is 4.58. The lowest BCUT2D eigenvalue weighted by Crippen LogP contribution is -1.81. The van der Waals surface area contributed by atoms with Gasteiger partial charge >= 0.3 is 0 Å². The molecule has 0 fully saturated rings. The zero-order chi connectivity index (χ0) is 11.2. The van der Waals surface area contributed by atoms with Gasteiger partial charge in [-0.2, -0.15) is 0 Å². The van der Waals surface area contributed by atoms with Gasteiger partial charge in [-0.25, -0.2) is 0 Å². The van der Waals surface area contributed by atoms with Crippen molar-refractivity contribution in [1.82, 2.24) is 0 Å². The fourth-order valence-corrected chi connectivity index (χ4v) is 2.84. The Bertz CT molecular complexity index is 723. The SMILES string of the molecule is [c]1ccc2ccc3c(c2c1)-c1ccccc1C3. The van der Waals surface area contributed by atoms with E-state index in [0.717, 1.165) is 6.42 Å². The van der Waals surface area contributed by atoms with E-state index < -0.39 is 0 Å². The highest BCUT2D eigenvalue weighted by Crippen LogP contribution is 2.40. The molecule has 0 bridgehead atoms. The molecule has 0 saturated carbocycles. The molecule has 0 amide bonds. The van der Waals surface area contributed by atoms with Gasteiger partial charge in [-0.05, 0) is 51.6 Å².